The maximum absolute atomic E-state index is 13.0. The number of nitrogens with one attached hydrogen (secondary N) is 1. The third kappa shape index (κ3) is 3.64. The number of benzene rings is 1. The predicted octanol–water partition coefficient (Wildman–Crippen LogP) is 3.85. The summed E-state index contributed by atoms with van der Waals surface area (Å²) in [6.45, 7) is 7.67. The first-order chi connectivity index (χ1) is 14.6. The summed E-state index contributed by atoms with van der Waals surface area (Å²) in [6, 6.07) is 10.2. The fourth-order valence-electron chi connectivity index (χ4n) is 4.01. The van der Waals surface area contributed by atoms with Crippen LogP contribution in [0.5, 0.6) is 0 Å². The number of piperazine rings is 1. The van der Waals surface area contributed by atoms with Gasteiger partial charge in [0, 0.05) is 37.1 Å². The SMILES string of the molecule is Cc1cc(C)c2cc(C(=O)N3CCN(Cc4nc(-c5cccs5)no4)CC3)[nH]c2c1. The number of amides is 1. The highest BCUT2D eigenvalue weighted by Gasteiger charge is 2.24. The summed E-state index contributed by atoms with van der Waals surface area (Å²) < 4.78 is 5.41. The molecule has 1 aliphatic rings. The number of rotatable bonds is 4. The standard InChI is InChI=1S/C22H23N5O2S/c1-14-10-15(2)16-12-18(23-17(16)11-14)22(28)27-7-5-26(6-8-27)13-20-24-21(25-29-20)19-4-3-9-30-19/h3-4,9-12,23H,5-8,13H2,1-2H3. The zero-order valence-electron chi connectivity index (χ0n) is 17.0. The van der Waals surface area contributed by atoms with Crippen molar-refractivity contribution in [3.05, 3.63) is 58.4 Å². The van der Waals surface area contributed by atoms with E-state index in [1.165, 1.54) is 11.1 Å². The number of hydrogen-bond donors (Lipinski definition) is 1. The van der Waals surface area contributed by atoms with Crippen molar-refractivity contribution < 1.29 is 9.32 Å². The Morgan fingerprint density at radius 3 is 2.80 bits per heavy atom. The van der Waals surface area contributed by atoms with E-state index < -0.39 is 0 Å². The molecule has 1 saturated heterocycles. The third-order valence-electron chi connectivity index (χ3n) is 5.55. The van der Waals surface area contributed by atoms with Gasteiger partial charge < -0.3 is 14.4 Å². The molecule has 0 aliphatic carbocycles. The van der Waals surface area contributed by atoms with Gasteiger partial charge in [0.1, 0.15) is 5.69 Å². The lowest BCUT2D eigenvalue weighted by Crippen LogP contribution is -2.48. The van der Waals surface area contributed by atoms with Crippen LogP contribution in [0.25, 0.3) is 21.6 Å². The Labute approximate surface area is 178 Å². The van der Waals surface area contributed by atoms with Crippen molar-refractivity contribution in [2.24, 2.45) is 0 Å². The second-order valence-electron chi connectivity index (χ2n) is 7.78. The van der Waals surface area contributed by atoms with Crippen LogP contribution >= 0.6 is 11.3 Å². The summed E-state index contributed by atoms with van der Waals surface area (Å²) in [5.74, 6) is 1.30. The summed E-state index contributed by atoms with van der Waals surface area (Å²) in [4.78, 5) is 26.0. The normalized spacial score (nSPS) is 15.2. The number of fused-ring (bicyclic) bond motifs is 1. The summed E-state index contributed by atoms with van der Waals surface area (Å²) in [5, 5.41) is 7.18. The number of aryl methyl sites for hydroxylation is 2. The zero-order valence-corrected chi connectivity index (χ0v) is 17.8. The minimum absolute atomic E-state index is 0.0562. The molecule has 0 atom stereocenters. The molecule has 1 aromatic carbocycles. The number of aromatic nitrogens is 3. The third-order valence-corrected chi connectivity index (χ3v) is 6.41. The highest BCUT2D eigenvalue weighted by molar-refractivity contribution is 7.13. The lowest BCUT2D eigenvalue weighted by atomic mass is 10.1. The maximum Gasteiger partial charge on any atom is 0.270 e. The second-order valence-corrected chi connectivity index (χ2v) is 8.73. The molecular weight excluding hydrogens is 398 g/mol. The average molecular weight is 422 g/mol. The van der Waals surface area contributed by atoms with Gasteiger partial charge in [-0.25, -0.2) is 0 Å². The minimum atomic E-state index is 0.0562. The summed E-state index contributed by atoms with van der Waals surface area (Å²) in [6.07, 6.45) is 0. The topological polar surface area (TPSA) is 78.3 Å². The van der Waals surface area contributed by atoms with Gasteiger partial charge >= 0.3 is 0 Å². The molecule has 1 N–H and O–H groups in total. The first-order valence-electron chi connectivity index (χ1n) is 10.0. The summed E-state index contributed by atoms with van der Waals surface area (Å²) >= 11 is 1.59. The Hall–Kier alpha value is -2.97. The lowest BCUT2D eigenvalue weighted by molar-refractivity contribution is 0.0610. The van der Waals surface area contributed by atoms with Crippen LogP contribution < -0.4 is 0 Å². The van der Waals surface area contributed by atoms with Gasteiger partial charge in [-0.3, -0.25) is 9.69 Å². The second kappa shape index (κ2) is 7.70. The molecule has 1 amide bonds. The molecule has 0 unspecified atom stereocenters. The van der Waals surface area contributed by atoms with E-state index in [-0.39, 0.29) is 5.91 Å². The van der Waals surface area contributed by atoms with E-state index in [1.54, 1.807) is 11.3 Å². The summed E-state index contributed by atoms with van der Waals surface area (Å²) in [7, 11) is 0. The first kappa shape index (κ1) is 19.0. The molecule has 4 heterocycles. The minimum Gasteiger partial charge on any atom is -0.351 e. The Morgan fingerprint density at radius 2 is 2.03 bits per heavy atom. The van der Waals surface area contributed by atoms with Gasteiger partial charge in [0.05, 0.1) is 11.4 Å². The van der Waals surface area contributed by atoms with Crippen molar-refractivity contribution in [2.75, 3.05) is 26.2 Å². The van der Waals surface area contributed by atoms with Gasteiger partial charge in [0.25, 0.3) is 5.91 Å². The van der Waals surface area contributed by atoms with Crippen LogP contribution in [0.3, 0.4) is 0 Å². The van der Waals surface area contributed by atoms with Crippen LogP contribution in [0.15, 0.2) is 40.2 Å². The first-order valence-corrected chi connectivity index (χ1v) is 10.9. The Morgan fingerprint density at radius 1 is 1.20 bits per heavy atom. The van der Waals surface area contributed by atoms with Crippen LogP contribution in [-0.4, -0.2) is 57.0 Å². The highest BCUT2D eigenvalue weighted by atomic mass is 32.1. The predicted molar refractivity (Wildman–Crippen MR) is 117 cm³/mol. The maximum atomic E-state index is 13.0. The largest absolute Gasteiger partial charge is 0.351 e. The Bertz CT molecular complexity index is 1190. The van der Waals surface area contributed by atoms with Crippen molar-refractivity contribution in [1.82, 2.24) is 24.9 Å². The Kier molecular flexibility index (Phi) is 4.88. The number of aromatic amines is 1. The van der Waals surface area contributed by atoms with E-state index in [1.807, 2.05) is 28.5 Å². The number of carbonyl (C=O) groups excluding carboxylic acids is 1. The van der Waals surface area contributed by atoms with Gasteiger partial charge in [-0.05, 0) is 48.6 Å². The molecule has 3 aromatic heterocycles. The van der Waals surface area contributed by atoms with Gasteiger partial charge in [0.15, 0.2) is 0 Å². The molecule has 30 heavy (non-hydrogen) atoms. The number of thiophene rings is 1. The van der Waals surface area contributed by atoms with Gasteiger partial charge in [0.2, 0.25) is 11.7 Å². The molecule has 7 nitrogen and oxygen atoms in total. The molecule has 0 saturated carbocycles. The van der Waals surface area contributed by atoms with E-state index >= 15 is 0 Å². The number of H-pyrrole nitrogens is 1. The smallest absolute Gasteiger partial charge is 0.270 e. The van der Waals surface area contributed by atoms with Gasteiger partial charge in [-0.2, -0.15) is 4.98 Å². The molecule has 0 spiro atoms. The molecule has 8 heteroatoms. The van der Waals surface area contributed by atoms with Crippen molar-refractivity contribution in [2.45, 2.75) is 20.4 Å². The van der Waals surface area contributed by atoms with Gasteiger partial charge in [-0.1, -0.05) is 17.3 Å². The molecular formula is C22H23N5O2S. The van der Waals surface area contributed by atoms with Crippen LogP contribution in [0, 0.1) is 13.8 Å². The van der Waals surface area contributed by atoms with Crippen LogP contribution in [0.1, 0.15) is 27.5 Å². The van der Waals surface area contributed by atoms with E-state index in [0.29, 0.717) is 37.0 Å². The molecule has 5 rings (SSSR count). The fraction of sp³-hybridized carbons (Fsp3) is 0.318. The van der Waals surface area contributed by atoms with Crippen LogP contribution in [0.4, 0.5) is 0 Å². The number of hydrogen-bond acceptors (Lipinski definition) is 6. The number of nitrogens with zero attached hydrogens (tertiary/aromatic N) is 4. The zero-order chi connectivity index (χ0) is 20.7. The van der Waals surface area contributed by atoms with Crippen LogP contribution in [-0.2, 0) is 6.54 Å². The summed E-state index contributed by atoms with van der Waals surface area (Å²) in [5.41, 5.74) is 4.06. The highest BCUT2D eigenvalue weighted by Crippen LogP contribution is 2.23. The van der Waals surface area contributed by atoms with Crippen molar-refractivity contribution in [3.63, 3.8) is 0 Å². The van der Waals surface area contributed by atoms with Crippen molar-refractivity contribution >= 4 is 28.1 Å². The Balaban J connectivity index is 1.22. The van der Waals surface area contributed by atoms with E-state index in [4.69, 9.17) is 4.52 Å². The van der Waals surface area contributed by atoms with Crippen molar-refractivity contribution in [1.29, 1.82) is 0 Å². The molecule has 1 fully saturated rings. The van der Waals surface area contributed by atoms with Crippen LogP contribution in [0.2, 0.25) is 0 Å². The molecule has 0 radical (unpaired) electrons. The van der Waals surface area contributed by atoms with E-state index in [9.17, 15) is 4.79 Å². The lowest BCUT2D eigenvalue weighted by Gasteiger charge is -2.33. The molecule has 0 bridgehead atoms. The molecule has 1 aliphatic heterocycles. The van der Waals surface area contributed by atoms with Gasteiger partial charge in [-0.15, -0.1) is 11.3 Å². The average Bonchev–Trinajstić information content (AvgIpc) is 3.48. The quantitative estimate of drug-likeness (QED) is 0.541. The fourth-order valence-corrected chi connectivity index (χ4v) is 4.66. The number of carbonyl (C=O) groups is 1. The van der Waals surface area contributed by atoms with Crippen molar-refractivity contribution in [3.8, 4) is 10.7 Å². The monoisotopic (exact) mass is 421 g/mol. The molecule has 154 valence electrons. The van der Waals surface area contributed by atoms with E-state index in [2.05, 4.69) is 46.0 Å². The molecule has 4 aromatic rings. The van der Waals surface area contributed by atoms with E-state index in [0.717, 1.165) is 28.9 Å².